The minimum Gasteiger partial charge on any atom is -0.309 e. The van der Waals surface area contributed by atoms with Crippen molar-refractivity contribution >= 4 is 40.8 Å². The first-order chi connectivity index (χ1) is 6.24. The number of halogens is 1. The van der Waals surface area contributed by atoms with Gasteiger partial charge in [-0.3, -0.25) is 0 Å². The molecule has 1 aromatic rings. The van der Waals surface area contributed by atoms with Crippen molar-refractivity contribution in [1.29, 1.82) is 0 Å². The lowest BCUT2D eigenvalue weighted by molar-refractivity contribution is 1.19. The van der Waals surface area contributed by atoms with E-state index in [1.165, 1.54) is 5.56 Å². The number of hydrogen-bond donors (Lipinski definition) is 1. The third kappa shape index (κ3) is 3.55. The van der Waals surface area contributed by atoms with Crippen LogP contribution in [0.1, 0.15) is 5.56 Å². The van der Waals surface area contributed by atoms with Crippen molar-refractivity contribution in [3.63, 3.8) is 0 Å². The van der Waals surface area contributed by atoms with E-state index >= 15 is 0 Å². The molecule has 0 aliphatic rings. The number of alkyl halides is 1. The molecule has 0 fully saturated rings. The fourth-order valence-corrected chi connectivity index (χ4v) is 1.33. The summed E-state index contributed by atoms with van der Waals surface area (Å²) in [6, 6.07) is 2.01. The first-order valence-electron chi connectivity index (χ1n) is 3.85. The van der Waals surface area contributed by atoms with E-state index in [1.807, 2.05) is 35.2 Å². The normalized spacial score (nSPS) is 10.9. The average Bonchev–Trinajstić information content (AvgIpc) is 2.53. The second-order valence-corrected chi connectivity index (χ2v) is 3.96. The van der Waals surface area contributed by atoms with Gasteiger partial charge in [-0.15, -0.1) is 24.2 Å². The molecule has 70 valence electrons. The topological polar surface area (TPSA) is 4.93 Å². The number of aromatic nitrogens is 1. The highest BCUT2D eigenvalue weighted by Crippen LogP contribution is 2.04. The van der Waals surface area contributed by atoms with Crippen LogP contribution in [0.3, 0.4) is 0 Å². The summed E-state index contributed by atoms with van der Waals surface area (Å²) in [6.07, 6.45) is 8.72. The van der Waals surface area contributed by atoms with Crippen LogP contribution in [0.5, 0.6) is 0 Å². The molecule has 0 spiro atoms. The number of thiocarbonyl (C=S) groups is 1. The zero-order valence-corrected chi connectivity index (χ0v) is 9.45. The van der Waals surface area contributed by atoms with Gasteiger partial charge in [0, 0.05) is 18.3 Å². The SMILES string of the molecule is S=C(S)n1ccc(CC=CCCl)c1. The van der Waals surface area contributed by atoms with Crippen LogP contribution in [0.2, 0.25) is 0 Å². The van der Waals surface area contributed by atoms with Crippen LogP contribution in [0, 0.1) is 0 Å². The van der Waals surface area contributed by atoms with Crippen molar-refractivity contribution in [2.45, 2.75) is 6.42 Å². The third-order valence-corrected chi connectivity index (χ3v) is 2.20. The van der Waals surface area contributed by atoms with Crippen LogP contribution < -0.4 is 0 Å². The van der Waals surface area contributed by atoms with E-state index in [0.29, 0.717) is 10.2 Å². The Balaban J connectivity index is 2.59. The smallest absolute Gasteiger partial charge is 0.141 e. The van der Waals surface area contributed by atoms with Crippen LogP contribution in [-0.2, 0) is 6.42 Å². The fourth-order valence-electron chi connectivity index (χ4n) is 0.963. The Morgan fingerprint density at radius 1 is 1.62 bits per heavy atom. The fraction of sp³-hybridized carbons (Fsp3) is 0.222. The summed E-state index contributed by atoms with van der Waals surface area (Å²) in [6.45, 7) is 0. The van der Waals surface area contributed by atoms with E-state index in [4.69, 9.17) is 23.8 Å². The van der Waals surface area contributed by atoms with E-state index in [2.05, 4.69) is 12.6 Å². The van der Waals surface area contributed by atoms with Crippen LogP contribution in [0.25, 0.3) is 0 Å². The van der Waals surface area contributed by atoms with Gasteiger partial charge in [0.25, 0.3) is 0 Å². The van der Waals surface area contributed by atoms with Crippen molar-refractivity contribution in [2.75, 3.05) is 5.88 Å². The average molecular weight is 232 g/mol. The Kier molecular flexibility index (Phi) is 4.56. The van der Waals surface area contributed by atoms with Gasteiger partial charge in [0.15, 0.2) is 0 Å². The zero-order chi connectivity index (χ0) is 9.68. The molecule has 1 rings (SSSR count). The molecule has 0 radical (unpaired) electrons. The Labute approximate surface area is 93.8 Å². The summed E-state index contributed by atoms with van der Waals surface area (Å²) in [5.74, 6) is 0.561. The molecule has 1 aromatic heterocycles. The molecular weight excluding hydrogens is 222 g/mol. The molecule has 0 saturated carbocycles. The number of hydrogen-bond acceptors (Lipinski definition) is 1. The van der Waals surface area contributed by atoms with Gasteiger partial charge in [0.2, 0.25) is 0 Å². The minimum atomic E-state index is 0.561. The molecule has 4 heteroatoms. The molecule has 13 heavy (non-hydrogen) atoms. The first-order valence-corrected chi connectivity index (χ1v) is 5.24. The number of thiol groups is 1. The molecule has 0 amide bonds. The predicted octanol–water partition coefficient (Wildman–Crippen LogP) is 2.89. The van der Waals surface area contributed by atoms with E-state index in [-0.39, 0.29) is 0 Å². The molecule has 0 aromatic carbocycles. The van der Waals surface area contributed by atoms with E-state index in [1.54, 1.807) is 0 Å². The molecule has 0 N–H and O–H groups in total. The van der Waals surface area contributed by atoms with Crippen LogP contribution >= 0.6 is 36.4 Å². The molecule has 1 heterocycles. The molecular formula is C9H10ClNS2. The molecule has 0 unspecified atom stereocenters. The van der Waals surface area contributed by atoms with Crippen molar-refractivity contribution in [2.24, 2.45) is 0 Å². The van der Waals surface area contributed by atoms with Gasteiger partial charge >= 0.3 is 0 Å². The molecule has 0 atom stereocenters. The lowest BCUT2D eigenvalue weighted by atomic mass is 10.2. The highest BCUT2D eigenvalue weighted by Gasteiger charge is 1.95. The highest BCUT2D eigenvalue weighted by atomic mass is 35.5. The summed E-state index contributed by atoms with van der Waals surface area (Å²) in [7, 11) is 0. The largest absolute Gasteiger partial charge is 0.309 e. The Morgan fingerprint density at radius 3 is 2.92 bits per heavy atom. The lowest BCUT2D eigenvalue weighted by Crippen LogP contribution is -1.96. The van der Waals surface area contributed by atoms with Gasteiger partial charge in [-0.2, -0.15) is 0 Å². The molecule has 0 aliphatic carbocycles. The van der Waals surface area contributed by atoms with Crippen molar-refractivity contribution in [3.8, 4) is 0 Å². The first kappa shape index (κ1) is 10.8. The van der Waals surface area contributed by atoms with Crippen molar-refractivity contribution in [3.05, 3.63) is 36.2 Å². The summed E-state index contributed by atoms with van der Waals surface area (Å²) in [4.78, 5) is 0. The minimum absolute atomic E-state index is 0.561. The Morgan fingerprint density at radius 2 is 2.38 bits per heavy atom. The lowest BCUT2D eigenvalue weighted by Gasteiger charge is -1.94. The quantitative estimate of drug-likeness (QED) is 0.363. The van der Waals surface area contributed by atoms with E-state index in [9.17, 15) is 0 Å². The van der Waals surface area contributed by atoms with Gasteiger partial charge in [0.1, 0.15) is 4.32 Å². The Bertz CT molecular complexity index is 317. The summed E-state index contributed by atoms with van der Waals surface area (Å²) < 4.78 is 2.37. The predicted molar refractivity (Wildman–Crippen MR) is 65.0 cm³/mol. The standard InChI is InChI=1S/C9H10ClNS2/c10-5-2-1-3-8-4-6-11(7-8)9(12)13/h1-2,4,6-7H,3,5H2,(H,12,13). The van der Waals surface area contributed by atoms with Gasteiger partial charge < -0.3 is 4.57 Å². The van der Waals surface area contributed by atoms with E-state index < -0.39 is 0 Å². The van der Waals surface area contributed by atoms with Crippen molar-refractivity contribution in [1.82, 2.24) is 4.57 Å². The maximum absolute atomic E-state index is 5.50. The maximum atomic E-state index is 5.50. The van der Waals surface area contributed by atoms with Gasteiger partial charge in [-0.1, -0.05) is 24.4 Å². The Hall–Kier alpha value is -0.250. The van der Waals surface area contributed by atoms with Crippen LogP contribution in [0.15, 0.2) is 30.6 Å². The van der Waals surface area contributed by atoms with Gasteiger partial charge in [0.05, 0.1) is 0 Å². The summed E-state index contributed by atoms with van der Waals surface area (Å²) in [5.41, 5.74) is 1.21. The highest BCUT2D eigenvalue weighted by molar-refractivity contribution is 8.11. The second kappa shape index (κ2) is 5.47. The summed E-state index contributed by atoms with van der Waals surface area (Å²) in [5, 5.41) is 0. The summed E-state index contributed by atoms with van der Waals surface area (Å²) >= 11 is 14.5. The molecule has 0 saturated heterocycles. The number of rotatable bonds is 3. The number of allylic oxidation sites excluding steroid dienone is 2. The monoisotopic (exact) mass is 231 g/mol. The zero-order valence-electron chi connectivity index (χ0n) is 6.98. The van der Waals surface area contributed by atoms with Crippen LogP contribution in [0.4, 0.5) is 0 Å². The molecule has 0 bridgehead atoms. The third-order valence-electron chi connectivity index (χ3n) is 1.58. The second-order valence-electron chi connectivity index (χ2n) is 2.54. The van der Waals surface area contributed by atoms with E-state index in [0.717, 1.165) is 6.42 Å². The number of nitrogens with zero attached hydrogens (tertiary/aromatic N) is 1. The molecule has 1 nitrogen and oxygen atoms in total. The maximum Gasteiger partial charge on any atom is 0.141 e. The van der Waals surface area contributed by atoms with Gasteiger partial charge in [-0.05, 0) is 18.1 Å². The van der Waals surface area contributed by atoms with Gasteiger partial charge in [-0.25, -0.2) is 0 Å². The van der Waals surface area contributed by atoms with Crippen molar-refractivity contribution < 1.29 is 0 Å². The molecule has 0 aliphatic heterocycles. The van der Waals surface area contributed by atoms with Crippen LogP contribution in [-0.4, -0.2) is 14.8 Å².